The van der Waals surface area contributed by atoms with Gasteiger partial charge in [-0.05, 0) is 45.6 Å². The number of carbonyl (C=O) groups excluding carboxylic acids is 2. The van der Waals surface area contributed by atoms with Crippen molar-refractivity contribution in [3.8, 4) is 0 Å². The Morgan fingerprint density at radius 3 is 2.45 bits per heavy atom. The van der Waals surface area contributed by atoms with Crippen molar-refractivity contribution >= 4 is 11.9 Å². The van der Waals surface area contributed by atoms with E-state index in [1.807, 2.05) is 0 Å². The molecule has 1 unspecified atom stereocenters. The van der Waals surface area contributed by atoms with Gasteiger partial charge in [0.15, 0.2) is 0 Å². The zero-order chi connectivity index (χ0) is 15.0. The van der Waals surface area contributed by atoms with Crippen LogP contribution in [0.1, 0.15) is 46.0 Å². The van der Waals surface area contributed by atoms with E-state index < -0.39 is 18.0 Å². The summed E-state index contributed by atoms with van der Waals surface area (Å²) in [7, 11) is 1.47. The number of rotatable bonds is 6. The van der Waals surface area contributed by atoms with Crippen LogP contribution in [0.2, 0.25) is 0 Å². The molecule has 0 aliphatic heterocycles. The molecule has 0 saturated heterocycles. The van der Waals surface area contributed by atoms with Gasteiger partial charge in [0.05, 0.1) is 6.10 Å². The van der Waals surface area contributed by atoms with Gasteiger partial charge in [-0.1, -0.05) is 6.92 Å². The van der Waals surface area contributed by atoms with E-state index in [0.717, 1.165) is 38.6 Å². The zero-order valence-corrected chi connectivity index (χ0v) is 12.7. The van der Waals surface area contributed by atoms with Gasteiger partial charge in [-0.15, -0.1) is 0 Å². The summed E-state index contributed by atoms with van der Waals surface area (Å²) in [5.74, 6) is -0.393. The van der Waals surface area contributed by atoms with Crippen LogP contribution in [0.4, 0.5) is 4.79 Å². The third kappa shape index (κ3) is 5.88. The van der Waals surface area contributed by atoms with Gasteiger partial charge in [0.25, 0.3) is 5.91 Å². The Bertz CT molecular complexity index is 315. The van der Waals surface area contributed by atoms with Crippen molar-refractivity contribution in [2.45, 2.75) is 64.2 Å². The van der Waals surface area contributed by atoms with Gasteiger partial charge in [0, 0.05) is 13.1 Å². The van der Waals surface area contributed by atoms with E-state index in [-0.39, 0.29) is 6.10 Å². The fourth-order valence-corrected chi connectivity index (χ4v) is 2.38. The summed E-state index contributed by atoms with van der Waals surface area (Å²) >= 11 is 0. The quantitative estimate of drug-likeness (QED) is 0.684. The van der Waals surface area contributed by atoms with Crippen LogP contribution in [0, 0.1) is 0 Å². The van der Waals surface area contributed by atoms with Crippen LogP contribution < -0.4 is 16.0 Å². The number of imide groups is 1. The number of ether oxygens (including phenoxy) is 1. The predicted octanol–water partition coefficient (Wildman–Crippen LogP) is 1.16. The number of nitrogens with one attached hydrogen (secondary N) is 3. The highest BCUT2D eigenvalue weighted by atomic mass is 16.5. The number of carbonyl (C=O) groups is 2. The van der Waals surface area contributed by atoms with Gasteiger partial charge in [-0.3, -0.25) is 10.1 Å². The highest BCUT2D eigenvalue weighted by Gasteiger charge is 2.25. The lowest BCUT2D eigenvalue weighted by Crippen LogP contribution is -2.44. The van der Waals surface area contributed by atoms with Crippen LogP contribution >= 0.6 is 0 Å². The van der Waals surface area contributed by atoms with Crippen LogP contribution in [-0.2, 0) is 9.53 Å². The van der Waals surface area contributed by atoms with Crippen molar-refractivity contribution in [2.24, 2.45) is 0 Å². The van der Waals surface area contributed by atoms with Crippen molar-refractivity contribution in [3.63, 3.8) is 0 Å². The first-order valence-electron chi connectivity index (χ1n) is 7.48. The molecule has 1 saturated carbocycles. The number of hydrogen-bond donors (Lipinski definition) is 3. The molecule has 0 aromatic carbocycles. The van der Waals surface area contributed by atoms with Crippen molar-refractivity contribution in [1.29, 1.82) is 0 Å². The Kier molecular flexibility index (Phi) is 7.54. The van der Waals surface area contributed by atoms with Gasteiger partial charge in [0.2, 0.25) is 0 Å². The normalized spacial score (nSPS) is 23.9. The first-order chi connectivity index (χ1) is 9.56. The summed E-state index contributed by atoms with van der Waals surface area (Å²) in [4.78, 5) is 22.7. The van der Waals surface area contributed by atoms with E-state index in [1.54, 1.807) is 6.92 Å². The minimum atomic E-state index is -0.600. The average molecular weight is 285 g/mol. The molecule has 116 valence electrons. The molecule has 3 N–H and O–H groups in total. The molecule has 1 rings (SSSR count). The largest absolute Gasteiger partial charge is 0.365 e. The summed E-state index contributed by atoms with van der Waals surface area (Å²) < 4.78 is 5.73. The summed E-state index contributed by atoms with van der Waals surface area (Å²) in [6, 6.07) is 0.0720. The van der Waals surface area contributed by atoms with Crippen molar-refractivity contribution in [2.75, 3.05) is 13.6 Å². The van der Waals surface area contributed by atoms with E-state index in [9.17, 15) is 9.59 Å². The molecule has 0 aromatic heterocycles. The van der Waals surface area contributed by atoms with Crippen molar-refractivity contribution in [3.05, 3.63) is 0 Å². The van der Waals surface area contributed by atoms with Gasteiger partial charge < -0.3 is 15.4 Å². The second-order valence-corrected chi connectivity index (χ2v) is 5.27. The minimum Gasteiger partial charge on any atom is -0.365 e. The minimum absolute atomic E-state index is 0.111. The Morgan fingerprint density at radius 2 is 1.90 bits per heavy atom. The van der Waals surface area contributed by atoms with Crippen molar-refractivity contribution in [1.82, 2.24) is 16.0 Å². The molecule has 1 aliphatic rings. The predicted molar refractivity (Wildman–Crippen MR) is 77.5 cm³/mol. The molecule has 6 heteroatoms. The first kappa shape index (κ1) is 16.9. The molecule has 0 aromatic rings. The van der Waals surface area contributed by atoms with Crippen LogP contribution in [0.5, 0.6) is 0 Å². The van der Waals surface area contributed by atoms with Crippen LogP contribution in [-0.4, -0.2) is 43.8 Å². The molecular weight excluding hydrogens is 258 g/mol. The van der Waals surface area contributed by atoms with E-state index >= 15 is 0 Å². The van der Waals surface area contributed by atoms with Crippen LogP contribution in [0.15, 0.2) is 0 Å². The second kappa shape index (κ2) is 8.92. The maximum atomic E-state index is 11.7. The van der Waals surface area contributed by atoms with Gasteiger partial charge in [-0.2, -0.15) is 0 Å². The number of urea groups is 1. The monoisotopic (exact) mass is 285 g/mol. The molecule has 0 spiro atoms. The summed E-state index contributed by atoms with van der Waals surface area (Å²) in [5.41, 5.74) is 0. The lowest BCUT2D eigenvalue weighted by molar-refractivity contribution is -0.135. The first-order valence-corrected chi connectivity index (χ1v) is 7.48. The Morgan fingerprint density at radius 1 is 1.25 bits per heavy atom. The molecule has 6 nitrogen and oxygen atoms in total. The lowest BCUT2D eigenvalue weighted by Gasteiger charge is -2.30. The molecule has 0 bridgehead atoms. The molecule has 1 atom stereocenters. The Labute approximate surface area is 121 Å². The van der Waals surface area contributed by atoms with Gasteiger partial charge in [0.1, 0.15) is 6.10 Å². The SMILES string of the molecule is CCCNC1CCC(OC(C)C(=O)NC(=O)NC)CC1. The maximum absolute atomic E-state index is 11.7. The summed E-state index contributed by atoms with van der Waals surface area (Å²) in [6.45, 7) is 4.90. The van der Waals surface area contributed by atoms with Crippen molar-refractivity contribution < 1.29 is 14.3 Å². The summed E-state index contributed by atoms with van der Waals surface area (Å²) in [5, 5.41) is 8.09. The molecule has 0 radical (unpaired) electrons. The van der Waals surface area contributed by atoms with E-state index in [4.69, 9.17) is 4.74 Å². The Balaban J connectivity index is 2.25. The number of amides is 3. The fourth-order valence-electron chi connectivity index (χ4n) is 2.38. The molecular formula is C14H27N3O3. The van der Waals surface area contributed by atoms with Crippen LogP contribution in [0.25, 0.3) is 0 Å². The lowest BCUT2D eigenvalue weighted by atomic mass is 9.93. The standard InChI is InChI=1S/C14H27N3O3/c1-4-9-16-11-5-7-12(8-6-11)20-10(2)13(18)17-14(19)15-3/h10-12,16H,4-9H2,1-3H3,(H2,15,17,18,19). The van der Waals surface area contributed by atoms with Gasteiger partial charge in [-0.25, -0.2) is 4.79 Å². The van der Waals surface area contributed by atoms with Gasteiger partial charge >= 0.3 is 6.03 Å². The molecule has 20 heavy (non-hydrogen) atoms. The second-order valence-electron chi connectivity index (χ2n) is 5.27. The third-order valence-electron chi connectivity index (χ3n) is 3.59. The van der Waals surface area contributed by atoms with E-state index in [2.05, 4.69) is 22.9 Å². The topological polar surface area (TPSA) is 79.5 Å². The maximum Gasteiger partial charge on any atom is 0.321 e. The summed E-state index contributed by atoms with van der Waals surface area (Å²) in [6.07, 6.45) is 4.73. The highest BCUT2D eigenvalue weighted by Crippen LogP contribution is 2.22. The van der Waals surface area contributed by atoms with Crippen LogP contribution in [0.3, 0.4) is 0 Å². The van der Waals surface area contributed by atoms with E-state index in [0.29, 0.717) is 6.04 Å². The van der Waals surface area contributed by atoms with E-state index in [1.165, 1.54) is 7.05 Å². The molecule has 1 fully saturated rings. The molecule has 1 aliphatic carbocycles. The smallest absolute Gasteiger partial charge is 0.321 e. The highest BCUT2D eigenvalue weighted by molar-refractivity contribution is 5.96. The zero-order valence-electron chi connectivity index (χ0n) is 12.7. The Hall–Kier alpha value is -1.14. The number of hydrogen-bond acceptors (Lipinski definition) is 4. The average Bonchev–Trinajstić information content (AvgIpc) is 2.46. The third-order valence-corrected chi connectivity index (χ3v) is 3.59. The molecule has 0 heterocycles. The molecule has 3 amide bonds. The fraction of sp³-hybridized carbons (Fsp3) is 0.857.